The molecule has 0 aliphatic rings. The zero-order valence-corrected chi connectivity index (χ0v) is 15.9. The number of methoxy groups -OCH3 is 2. The molecule has 7 nitrogen and oxygen atoms in total. The van der Waals surface area contributed by atoms with E-state index in [2.05, 4.69) is 15.0 Å². The Hall–Kier alpha value is -2.66. The summed E-state index contributed by atoms with van der Waals surface area (Å²) in [6.45, 7) is 0.440. The summed E-state index contributed by atoms with van der Waals surface area (Å²) in [7, 11) is 2.69. The number of hydrogen-bond donors (Lipinski definition) is 1. The Morgan fingerprint density at radius 3 is 2.68 bits per heavy atom. The van der Waals surface area contributed by atoms with Crippen molar-refractivity contribution in [3.05, 3.63) is 45.9 Å². The smallest absolute Gasteiger partial charge is 0.416 e. The van der Waals surface area contributed by atoms with Crippen molar-refractivity contribution < 1.29 is 32.2 Å². The molecule has 0 saturated heterocycles. The Morgan fingerprint density at radius 2 is 2.04 bits per heavy atom. The maximum Gasteiger partial charge on any atom is 0.416 e. The number of nitrogens with one attached hydrogen (secondary N) is 1. The number of thiazole rings is 1. The summed E-state index contributed by atoms with van der Waals surface area (Å²) in [5.41, 5.74) is -0.736. The molecule has 0 fully saturated rings. The summed E-state index contributed by atoms with van der Waals surface area (Å²) < 4.78 is 48.0. The molecule has 1 aromatic heterocycles. The molecule has 0 spiro atoms. The molecule has 1 heterocycles. The van der Waals surface area contributed by atoms with E-state index in [9.17, 15) is 22.8 Å². The van der Waals surface area contributed by atoms with Crippen LogP contribution in [-0.2, 0) is 22.2 Å². The minimum absolute atomic E-state index is 0.0108. The van der Waals surface area contributed by atoms with Crippen LogP contribution in [0.5, 0.6) is 0 Å². The summed E-state index contributed by atoms with van der Waals surface area (Å²) in [4.78, 5) is 29.5. The van der Waals surface area contributed by atoms with Crippen LogP contribution in [0.1, 0.15) is 21.1 Å². The number of aromatic nitrogens is 1. The lowest BCUT2D eigenvalue weighted by molar-refractivity contribution is -0.137. The van der Waals surface area contributed by atoms with Crippen LogP contribution in [-0.4, -0.2) is 49.3 Å². The highest BCUT2D eigenvalue weighted by atomic mass is 32.1. The third kappa shape index (κ3) is 5.92. The molecule has 0 aliphatic carbocycles. The number of hydrogen-bond acceptors (Lipinski definition) is 6. The highest BCUT2D eigenvalue weighted by Crippen LogP contribution is 2.30. The summed E-state index contributed by atoms with van der Waals surface area (Å²) in [6, 6.07) is 3.72. The Morgan fingerprint density at radius 1 is 1.29 bits per heavy atom. The molecule has 0 radical (unpaired) electrons. The lowest BCUT2D eigenvalue weighted by atomic mass is 10.2. The van der Waals surface area contributed by atoms with Gasteiger partial charge in [-0.15, -0.1) is 11.3 Å². The van der Waals surface area contributed by atoms with E-state index in [0.717, 1.165) is 23.5 Å². The third-order valence-corrected chi connectivity index (χ3v) is 4.40. The molecule has 0 atom stereocenters. The van der Waals surface area contributed by atoms with Gasteiger partial charge in [0.1, 0.15) is 5.01 Å². The molecule has 11 heteroatoms. The van der Waals surface area contributed by atoms with Gasteiger partial charge in [0.15, 0.2) is 5.69 Å². The van der Waals surface area contributed by atoms with Crippen LogP contribution in [0, 0.1) is 0 Å². The number of rotatable bonds is 7. The first kappa shape index (κ1) is 21.6. The van der Waals surface area contributed by atoms with Crippen molar-refractivity contribution in [2.24, 2.45) is 0 Å². The molecule has 0 saturated carbocycles. The van der Waals surface area contributed by atoms with Crippen molar-refractivity contribution in [3.8, 4) is 0 Å². The van der Waals surface area contributed by atoms with Crippen molar-refractivity contribution in [1.82, 2.24) is 9.88 Å². The third-order valence-electron chi connectivity index (χ3n) is 3.57. The average Bonchev–Trinajstić information content (AvgIpc) is 3.12. The highest BCUT2D eigenvalue weighted by molar-refractivity contribution is 7.09. The number of nitrogens with zero attached hydrogens (tertiary/aromatic N) is 2. The van der Waals surface area contributed by atoms with Gasteiger partial charge in [-0.2, -0.15) is 13.2 Å². The number of benzene rings is 1. The normalized spacial score (nSPS) is 11.2. The van der Waals surface area contributed by atoms with E-state index < -0.39 is 23.7 Å². The zero-order valence-electron chi connectivity index (χ0n) is 15.1. The number of halogens is 3. The Bertz CT molecular complexity index is 826. The maximum absolute atomic E-state index is 12.8. The van der Waals surface area contributed by atoms with E-state index in [1.807, 2.05) is 0 Å². The van der Waals surface area contributed by atoms with Crippen molar-refractivity contribution in [2.75, 3.05) is 32.7 Å². The van der Waals surface area contributed by atoms with Crippen LogP contribution in [0.25, 0.3) is 0 Å². The van der Waals surface area contributed by atoms with Crippen molar-refractivity contribution in [1.29, 1.82) is 0 Å². The summed E-state index contributed by atoms with van der Waals surface area (Å²) >= 11 is 1.16. The molecule has 0 bridgehead atoms. The van der Waals surface area contributed by atoms with Crippen LogP contribution < -0.4 is 5.32 Å². The van der Waals surface area contributed by atoms with Gasteiger partial charge >= 0.3 is 18.2 Å². The summed E-state index contributed by atoms with van der Waals surface area (Å²) in [6.07, 6.45) is -4.51. The first-order valence-electron chi connectivity index (χ1n) is 7.99. The number of ether oxygens (including phenoxy) is 2. The van der Waals surface area contributed by atoms with E-state index >= 15 is 0 Å². The van der Waals surface area contributed by atoms with E-state index in [0.29, 0.717) is 5.01 Å². The molecule has 28 heavy (non-hydrogen) atoms. The Kier molecular flexibility index (Phi) is 7.35. The van der Waals surface area contributed by atoms with Gasteiger partial charge < -0.3 is 19.7 Å². The fraction of sp³-hybridized carbons (Fsp3) is 0.353. The van der Waals surface area contributed by atoms with E-state index in [4.69, 9.17) is 4.74 Å². The van der Waals surface area contributed by atoms with Gasteiger partial charge in [0.25, 0.3) is 0 Å². The summed E-state index contributed by atoms with van der Waals surface area (Å²) in [5.74, 6) is -0.598. The largest absolute Gasteiger partial charge is 0.464 e. The first-order valence-corrected chi connectivity index (χ1v) is 8.87. The van der Waals surface area contributed by atoms with Crippen LogP contribution in [0.3, 0.4) is 0 Å². The predicted octanol–water partition coefficient (Wildman–Crippen LogP) is 3.63. The minimum atomic E-state index is -4.51. The average molecular weight is 417 g/mol. The van der Waals surface area contributed by atoms with Gasteiger partial charge in [-0.05, 0) is 18.2 Å². The number of alkyl halides is 3. The predicted molar refractivity (Wildman–Crippen MR) is 96.2 cm³/mol. The second-order valence-electron chi connectivity index (χ2n) is 5.54. The second kappa shape index (κ2) is 9.51. The summed E-state index contributed by atoms with van der Waals surface area (Å²) in [5, 5.41) is 4.41. The topological polar surface area (TPSA) is 80.8 Å². The molecule has 152 valence electrons. The SMILES string of the molecule is COCCN(Cc1nc(C(=O)OC)cs1)C(=O)Nc1cccc(C(F)(F)F)c1. The molecule has 2 rings (SSSR count). The molecule has 2 aromatic rings. The Balaban J connectivity index is 2.12. The quantitative estimate of drug-likeness (QED) is 0.696. The fourth-order valence-electron chi connectivity index (χ4n) is 2.17. The molecular weight excluding hydrogens is 399 g/mol. The molecular formula is C17H18F3N3O4S. The van der Waals surface area contributed by atoms with E-state index in [1.54, 1.807) is 0 Å². The van der Waals surface area contributed by atoms with Crippen molar-refractivity contribution >= 4 is 29.0 Å². The first-order chi connectivity index (χ1) is 13.2. The van der Waals surface area contributed by atoms with Crippen LogP contribution >= 0.6 is 11.3 Å². The molecule has 0 unspecified atom stereocenters. The number of amides is 2. The second-order valence-corrected chi connectivity index (χ2v) is 6.48. The van der Waals surface area contributed by atoms with E-state index in [1.165, 1.54) is 36.6 Å². The fourth-order valence-corrected chi connectivity index (χ4v) is 2.95. The standard InChI is InChI=1S/C17H18F3N3O4S/c1-26-7-6-23(9-14-22-13(10-28-14)15(24)27-2)16(25)21-12-5-3-4-11(8-12)17(18,19)20/h3-5,8,10H,6-7,9H2,1-2H3,(H,21,25). The number of carbonyl (C=O) groups excluding carboxylic acids is 2. The van der Waals surface area contributed by atoms with Crippen LogP contribution in [0.2, 0.25) is 0 Å². The Labute approximate surface area is 163 Å². The maximum atomic E-state index is 12.8. The van der Waals surface area contributed by atoms with Crippen molar-refractivity contribution in [3.63, 3.8) is 0 Å². The van der Waals surface area contributed by atoms with Gasteiger partial charge in [0.2, 0.25) is 0 Å². The zero-order chi connectivity index (χ0) is 20.7. The van der Waals surface area contributed by atoms with Gasteiger partial charge in [0, 0.05) is 24.7 Å². The monoisotopic (exact) mass is 417 g/mol. The number of anilines is 1. The van der Waals surface area contributed by atoms with Crippen LogP contribution in [0.4, 0.5) is 23.7 Å². The molecule has 1 N–H and O–H groups in total. The van der Waals surface area contributed by atoms with Gasteiger partial charge in [0.05, 0.1) is 25.8 Å². The lowest BCUT2D eigenvalue weighted by Gasteiger charge is -2.22. The number of carbonyl (C=O) groups is 2. The van der Waals surface area contributed by atoms with Gasteiger partial charge in [-0.1, -0.05) is 6.07 Å². The van der Waals surface area contributed by atoms with E-state index in [-0.39, 0.29) is 31.1 Å². The van der Waals surface area contributed by atoms with Crippen molar-refractivity contribution in [2.45, 2.75) is 12.7 Å². The molecule has 1 aromatic carbocycles. The number of esters is 1. The van der Waals surface area contributed by atoms with Crippen LogP contribution in [0.15, 0.2) is 29.6 Å². The minimum Gasteiger partial charge on any atom is -0.464 e. The van der Waals surface area contributed by atoms with Gasteiger partial charge in [-0.3, -0.25) is 0 Å². The lowest BCUT2D eigenvalue weighted by Crippen LogP contribution is -2.36. The highest BCUT2D eigenvalue weighted by Gasteiger charge is 2.30. The molecule has 0 aliphatic heterocycles. The van der Waals surface area contributed by atoms with Gasteiger partial charge in [-0.25, -0.2) is 14.6 Å². The molecule has 2 amide bonds. The number of urea groups is 1.